The summed E-state index contributed by atoms with van der Waals surface area (Å²) in [4.78, 5) is 24.8. The summed E-state index contributed by atoms with van der Waals surface area (Å²) in [6.45, 7) is -0.292. The summed E-state index contributed by atoms with van der Waals surface area (Å²) >= 11 is 3.38. The molecule has 0 spiro atoms. The van der Waals surface area contributed by atoms with Crippen LogP contribution in [0, 0.1) is 17.1 Å². The van der Waals surface area contributed by atoms with Gasteiger partial charge < -0.3 is 24.8 Å². The summed E-state index contributed by atoms with van der Waals surface area (Å²) in [7, 11) is 2.98. The molecule has 0 heterocycles. The van der Waals surface area contributed by atoms with Crippen LogP contribution in [0.25, 0.3) is 6.08 Å². The quantitative estimate of drug-likeness (QED) is 0.279. The number of amides is 2. The minimum atomic E-state index is -0.658. The lowest BCUT2D eigenvalue weighted by molar-refractivity contribution is -0.118. The van der Waals surface area contributed by atoms with Gasteiger partial charge in [-0.25, -0.2) is 4.39 Å². The summed E-state index contributed by atoms with van der Waals surface area (Å²) < 4.78 is 29.6. The number of carbonyl (C=O) groups is 2. The van der Waals surface area contributed by atoms with Crippen LogP contribution in [-0.2, 0) is 9.59 Å². The normalized spacial score (nSPS) is 10.7. The Kier molecular flexibility index (Phi) is 9.02. The van der Waals surface area contributed by atoms with E-state index >= 15 is 0 Å². The number of nitrogens with zero attached hydrogens (tertiary/aromatic N) is 1. The van der Waals surface area contributed by atoms with Gasteiger partial charge in [0.1, 0.15) is 23.2 Å². The van der Waals surface area contributed by atoms with Crippen molar-refractivity contribution < 1.29 is 28.2 Å². The van der Waals surface area contributed by atoms with Crippen molar-refractivity contribution in [1.29, 1.82) is 5.26 Å². The molecule has 3 rings (SSSR count). The fourth-order valence-electron chi connectivity index (χ4n) is 3.02. The second-order valence-electron chi connectivity index (χ2n) is 7.23. The van der Waals surface area contributed by atoms with Gasteiger partial charge in [-0.2, -0.15) is 5.26 Å². The van der Waals surface area contributed by atoms with Crippen molar-refractivity contribution in [2.75, 3.05) is 31.5 Å². The number of rotatable bonds is 9. The van der Waals surface area contributed by atoms with Crippen LogP contribution in [0.15, 0.2) is 70.7 Å². The predicted octanol–water partition coefficient (Wildman–Crippen LogP) is 5.17. The molecule has 0 fully saturated rings. The summed E-state index contributed by atoms with van der Waals surface area (Å²) in [5, 5.41) is 14.7. The maximum atomic E-state index is 13.1. The Morgan fingerprint density at radius 2 is 1.64 bits per heavy atom. The maximum Gasteiger partial charge on any atom is 0.266 e. The van der Waals surface area contributed by atoms with E-state index in [1.165, 1.54) is 37.5 Å². The van der Waals surface area contributed by atoms with E-state index in [0.29, 0.717) is 27.2 Å². The van der Waals surface area contributed by atoms with E-state index < -0.39 is 11.7 Å². The number of hydrogen-bond donors (Lipinski definition) is 2. The topological polar surface area (TPSA) is 110 Å². The SMILES string of the molecule is COc1ccc(NC(=O)COc2c(Br)cc(/C=C(\C#N)C(=O)Nc3ccc(F)cc3)cc2OC)cc1. The smallest absolute Gasteiger partial charge is 0.266 e. The molecule has 0 radical (unpaired) electrons. The third-order valence-electron chi connectivity index (χ3n) is 4.75. The van der Waals surface area contributed by atoms with E-state index in [-0.39, 0.29) is 29.6 Å². The number of nitriles is 1. The van der Waals surface area contributed by atoms with E-state index in [2.05, 4.69) is 26.6 Å². The molecular formula is C26H21BrFN3O5. The average molecular weight is 554 g/mol. The number of methoxy groups -OCH3 is 2. The second-order valence-corrected chi connectivity index (χ2v) is 8.08. The highest BCUT2D eigenvalue weighted by molar-refractivity contribution is 9.10. The Morgan fingerprint density at radius 1 is 1.00 bits per heavy atom. The van der Waals surface area contributed by atoms with E-state index in [1.807, 2.05) is 6.07 Å². The highest BCUT2D eigenvalue weighted by Gasteiger charge is 2.15. The Labute approximate surface area is 215 Å². The van der Waals surface area contributed by atoms with Crippen LogP contribution in [0.5, 0.6) is 17.2 Å². The van der Waals surface area contributed by atoms with Gasteiger partial charge in [-0.15, -0.1) is 0 Å². The standard InChI is InChI=1S/C26H21BrFN3O5/c1-34-21-9-7-19(8-10-21)30-24(32)15-36-25-22(27)12-16(13-23(25)35-2)11-17(14-29)26(33)31-20-5-3-18(28)4-6-20/h3-13H,15H2,1-2H3,(H,30,32)(H,31,33)/b17-11+. The molecule has 0 saturated heterocycles. The molecule has 0 unspecified atom stereocenters. The van der Waals surface area contributed by atoms with E-state index in [0.717, 1.165) is 0 Å². The van der Waals surface area contributed by atoms with Gasteiger partial charge in [0.2, 0.25) is 0 Å². The van der Waals surface area contributed by atoms with Crippen LogP contribution in [0.1, 0.15) is 5.56 Å². The summed E-state index contributed by atoms with van der Waals surface area (Å²) in [5.74, 6) is -0.268. The molecule has 10 heteroatoms. The molecule has 0 saturated carbocycles. The first-order valence-corrected chi connectivity index (χ1v) is 11.2. The minimum Gasteiger partial charge on any atom is -0.497 e. The number of hydrogen-bond acceptors (Lipinski definition) is 6. The van der Waals surface area contributed by atoms with E-state index in [9.17, 15) is 19.2 Å². The van der Waals surface area contributed by atoms with Crippen molar-refractivity contribution in [1.82, 2.24) is 0 Å². The molecule has 8 nitrogen and oxygen atoms in total. The molecule has 0 aliphatic rings. The van der Waals surface area contributed by atoms with Gasteiger partial charge in [0.25, 0.3) is 11.8 Å². The van der Waals surface area contributed by atoms with Gasteiger partial charge in [-0.1, -0.05) is 0 Å². The van der Waals surface area contributed by atoms with Crippen LogP contribution in [0.4, 0.5) is 15.8 Å². The minimum absolute atomic E-state index is 0.180. The highest BCUT2D eigenvalue weighted by Crippen LogP contribution is 2.37. The fourth-order valence-corrected chi connectivity index (χ4v) is 3.59. The van der Waals surface area contributed by atoms with Crippen molar-refractivity contribution >= 4 is 45.2 Å². The van der Waals surface area contributed by atoms with Crippen molar-refractivity contribution in [3.8, 4) is 23.3 Å². The van der Waals surface area contributed by atoms with Gasteiger partial charge in [0.05, 0.1) is 18.7 Å². The molecule has 3 aromatic carbocycles. The Hall–Kier alpha value is -4.36. The molecule has 36 heavy (non-hydrogen) atoms. The summed E-state index contributed by atoms with van der Waals surface area (Å²) in [5.41, 5.74) is 1.22. The molecular weight excluding hydrogens is 533 g/mol. The van der Waals surface area contributed by atoms with Gasteiger partial charge in [-0.05, 0) is 88.2 Å². The second kappa shape index (κ2) is 12.4. The molecule has 184 valence electrons. The lowest BCUT2D eigenvalue weighted by Gasteiger charge is -2.14. The van der Waals surface area contributed by atoms with Crippen LogP contribution < -0.4 is 24.8 Å². The van der Waals surface area contributed by atoms with Crippen LogP contribution in [-0.4, -0.2) is 32.6 Å². The number of anilines is 2. The largest absolute Gasteiger partial charge is 0.497 e. The van der Waals surface area contributed by atoms with Gasteiger partial charge in [-0.3, -0.25) is 9.59 Å². The monoisotopic (exact) mass is 553 g/mol. The summed E-state index contributed by atoms with van der Waals surface area (Å²) in [6.07, 6.45) is 1.37. The first-order valence-electron chi connectivity index (χ1n) is 10.5. The zero-order chi connectivity index (χ0) is 26.1. The van der Waals surface area contributed by atoms with E-state index in [1.54, 1.807) is 43.5 Å². The summed E-state index contributed by atoms with van der Waals surface area (Å²) in [6, 6.07) is 17.0. The molecule has 0 bridgehead atoms. The lowest BCUT2D eigenvalue weighted by atomic mass is 10.1. The molecule has 0 aromatic heterocycles. The van der Waals surface area contributed by atoms with Crippen molar-refractivity contribution in [3.05, 3.63) is 82.1 Å². The molecule has 2 amide bonds. The molecule has 0 aliphatic carbocycles. The fraction of sp³-hybridized carbons (Fsp3) is 0.115. The average Bonchev–Trinajstić information content (AvgIpc) is 2.88. The Morgan fingerprint density at radius 3 is 2.25 bits per heavy atom. The first-order chi connectivity index (χ1) is 17.3. The van der Waals surface area contributed by atoms with Crippen LogP contribution in [0.3, 0.4) is 0 Å². The van der Waals surface area contributed by atoms with E-state index in [4.69, 9.17) is 14.2 Å². The Balaban J connectivity index is 1.71. The number of nitrogens with one attached hydrogen (secondary N) is 2. The first kappa shape index (κ1) is 26.2. The maximum absolute atomic E-state index is 13.1. The van der Waals surface area contributed by atoms with Gasteiger partial charge >= 0.3 is 0 Å². The zero-order valence-corrected chi connectivity index (χ0v) is 20.9. The van der Waals surface area contributed by atoms with Gasteiger partial charge in [0.15, 0.2) is 18.1 Å². The molecule has 0 aliphatic heterocycles. The lowest BCUT2D eigenvalue weighted by Crippen LogP contribution is -2.20. The van der Waals surface area contributed by atoms with Gasteiger partial charge in [0, 0.05) is 11.4 Å². The van der Waals surface area contributed by atoms with Crippen molar-refractivity contribution in [3.63, 3.8) is 0 Å². The third-order valence-corrected chi connectivity index (χ3v) is 5.34. The number of ether oxygens (including phenoxy) is 3. The Bertz CT molecular complexity index is 1320. The molecule has 2 N–H and O–H groups in total. The number of halogens is 2. The zero-order valence-electron chi connectivity index (χ0n) is 19.3. The third kappa shape index (κ3) is 7.07. The highest BCUT2D eigenvalue weighted by atomic mass is 79.9. The van der Waals surface area contributed by atoms with Crippen LogP contribution in [0.2, 0.25) is 0 Å². The number of carbonyl (C=O) groups excluding carboxylic acids is 2. The van der Waals surface area contributed by atoms with Crippen molar-refractivity contribution in [2.24, 2.45) is 0 Å². The van der Waals surface area contributed by atoms with Crippen molar-refractivity contribution in [2.45, 2.75) is 0 Å². The van der Waals surface area contributed by atoms with Crippen LogP contribution >= 0.6 is 15.9 Å². The molecule has 0 atom stereocenters. The predicted molar refractivity (Wildman–Crippen MR) is 136 cm³/mol. The molecule has 3 aromatic rings. The number of benzene rings is 3.